The highest BCUT2D eigenvalue weighted by molar-refractivity contribution is 6.04. The van der Waals surface area contributed by atoms with Gasteiger partial charge in [0.2, 0.25) is 0 Å². The molecule has 1 unspecified atom stereocenters. The Balaban J connectivity index is 2.84. The number of hydrogen-bond donors (Lipinski definition) is 0. The van der Waals surface area contributed by atoms with Crippen molar-refractivity contribution in [3.8, 4) is 0 Å². The molecule has 4 heteroatoms. The SMILES string of the molecule is C=C(C)/C=C/C1CC1(C(=O)OC)C(=O)OC. The summed E-state index contributed by atoms with van der Waals surface area (Å²) in [6.45, 7) is 5.56. The Morgan fingerprint density at radius 2 is 1.81 bits per heavy atom. The van der Waals surface area contributed by atoms with E-state index in [1.54, 1.807) is 12.2 Å². The van der Waals surface area contributed by atoms with E-state index < -0.39 is 17.4 Å². The van der Waals surface area contributed by atoms with Crippen LogP contribution in [0, 0.1) is 11.3 Å². The summed E-state index contributed by atoms with van der Waals surface area (Å²) >= 11 is 0. The van der Waals surface area contributed by atoms with E-state index >= 15 is 0 Å². The third kappa shape index (κ3) is 2.01. The second-order valence-electron chi connectivity index (χ2n) is 3.97. The molecule has 0 aromatic heterocycles. The van der Waals surface area contributed by atoms with Gasteiger partial charge >= 0.3 is 11.9 Å². The van der Waals surface area contributed by atoms with Crippen molar-refractivity contribution in [2.45, 2.75) is 13.3 Å². The number of allylic oxidation sites excluding steroid dienone is 3. The molecule has 0 spiro atoms. The minimum atomic E-state index is -1.13. The Morgan fingerprint density at radius 1 is 1.31 bits per heavy atom. The van der Waals surface area contributed by atoms with E-state index in [2.05, 4.69) is 16.1 Å². The molecule has 0 saturated heterocycles. The lowest BCUT2D eigenvalue weighted by Gasteiger charge is -2.10. The minimum absolute atomic E-state index is 0.149. The van der Waals surface area contributed by atoms with Crippen LogP contribution in [0.2, 0.25) is 0 Å². The lowest BCUT2D eigenvalue weighted by atomic mass is 10.0. The summed E-state index contributed by atoms with van der Waals surface area (Å²) in [6, 6.07) is 0. The Hall–Kier alpha value is -1.58. The fourth-order valence-corrected chi connectivity index (χ4v) is 1.72. The van der Waals surface area contributed by atoms with Gasteiger partial charge < -0.3 is 9.47 Å². The lowest BCUT2D eigenvalue weighted by molar-refractivity contribution is -0.161. The first-order chi connectivity index (χ1) is 7.48. The predicted molar refractivity (Wildman–Crippen MR) is 58.5 cm³/mol. The maximum absolute atomic E-state index is 11.6. The molecule has 1 aliphatic carbocycles. The van der Waals surface area contributed by atoms with Crippen molar-refractivity contribution in [2.24, 2.45) is 11.3 Å². The normalized spacial score (nSPS) is 21.6. The third-order valence-corrected chi connectivity index (χ3v) is 2.73. The van der Waals surface area contributed by atoms with Crippen LogP contribution in [0.15, 0.2) is 24.3 Å². The van der Waals surface area contributed by atoms with E-state index in [4.69, 9.17) is 0 Å². The second-order valence-corrected chi connectivity index (χ2v) is 3.97. The fraction of sp³-hybridized carbons (Fsp3) is 0.500. The molecule has 0 aromatic rings. The summed E-state index contributed by atoms with van der Waals surface area (Å²) in [5.74, 6) is -1.21. The van der Waals surface area contributed by atoms with E-state index in [-0.39, 0.29) is 5.92 Å². The Labute approximate surface area is 94.9 Å². The van der Waals surface area contributed by atoms with Gasteiger partial charge in [0, 0.05) is 5.92 Å². The highest BCUT2D eigenvalue weighted by Crippen LogP contribution is 2.55. The molecule has 1 fully saturated rings. The molecule has 4 nitrogen and oxygen atoms in total. The van der Waals surface area contributed by atoms with Crippen molar-refractivity contribution in [3.63, 3.8) is 0 Å². The Bertz CT molecular complexity index is 338. The summed E-state index contributed by atoms with van der Waals surface area (Å²) < 4.78 is 9.28. The Morgan fingerprint density at radius 3 is 2.19 bits per heavy atom. The molecule has 0 aliphatic heterocycles. The van der Waals surface area contributed by atoms with Crippen LogP contribution < -0.4 is 0 Å². The first-order valence-corrected chi connectivity index (χ1v) is 4.99. The van der Waals surface area contributed by atoms with E-state index in [1.807, 2.05) is 6.92 Å². The summed E-state index contributed by atoms with van der Waals surface area (Å²) in [7, 11) is 2.54. The molecule has 1 saturated carbocycles. The maximum Gasteiger partial charge on any atom is 0.323 e. The van der Waals surface area contributed by atoms with Crippen LogP contribution >= 0.6 is 0 Å². The molecule has 0 bridgehead atoms. The van der Waals surface area contributed by atoms with Crippen LogP contribution in [0.1, 0.15) is 13.3 Å². The highest BCUT2D eigenvalue weighted by Gasteiger charge is 2.66. The zero-order valence-electron chi connectivity index (χ0n) is 9.78. The molecule has 0 amide bonds. The first-order valence-electron chi connectivity index (χ1n) is 4.99. The average molecular weight is 224 g/mol. The lowest BCUT2D eigenvalue weighted by Crippen LogP contribution is -2.30. The van der Waals surface area contributed by atoms with Crippen LogP contribution in [0.25, 0.3) is 0 Å². The van der Waals surface area contributed by atoms with Gasteiger partial charge in [0.05, 0.1) is 14.2 Å². The first kappa shape index (κ1) is 12.5. The van der Waals surface area contributed by atoms with Gasteiger partial charge in [-0.25, -0.2) is 0 Å². The summed E-state index contributed by atoms with van der Waals surface area (Å²) in [4.78, 5) is 23.1. The van der Waals surface area contributed by atoms with Gasteiger partial charge in [0.1, 0.15) is 0 Å². The van der Waals surface area contributed by atoms with E-state index in [0.29, 0.717) is 6.42 Å². The Kier molecular flexibility index (Phi) is 3.52. The van der Waals surface area contributed by atoms with Gasteiger partial charge in [-0.15, -0.1) is 0 Å². The standard InChI is InChI=1S/C12H16O4/c1-8(2)5-6-9-7-12(9,10(13)15-3)11(14)16-4/h5-6,9H,1,7H2,2-4H3/b6-5+. The van der Waals surface area contributed by atoms with Crippen LogP contribution in [-0.2, 0) is 19.1 Å². The van der Waals surface area contributed by atoms with Crippen molar-refractivity contribution in [1.29, 1.82) is 0 Å². The third-order valence-electron chi connectivity index (χ3n) is 2.73. The maximum atomic E-state index is 11.6. The number of ether oxygens (including phenoxy) is 2. The van der Waals surface area contributed by atoms with Crippen molar-refractivity contribution in [3.05, 3.63) is 24.3 Å². The van der Waals surface area contributed by atoms with Crippen molar-refractivity contribution < 1.29 is 19.1 Å². The quantitative estimate of drug-likeness (QED) is 0.412. The molecular weight excluding hydrogens is 208 g/mol. The molecule has 0 radical (unpaired) electrons. The van der Waals surface area contributed by atoms with E-state index in [9.17, 15) is 9.59 Å². The molecule has 0 N–H and O–H groups in total. The minimum Gasteiger partial charge on any atom is -0.468 e. The van der Waals surface area contributed by atoms with Gasteiger partial charge in [0.15, 0.2) is 5.41 Å². The van der Waals surface area contributed by atoms with E-state index in [1.165, 1.54) is 14.2 Å². The molecule has 1 rings (SSSR count). The molecule has 0 aromatic carbocycles. The summed E-state index contributed by atoms with van der Waals surface area (Å²) in [6.07, 6.45) is 4.03. The summed E-state index contributed by atoms with van der Waals surface area (Å²) in [5, 5.41) is 0. The number of methoxy groups -OCH3 is 2. The van der Waals surface area contributed by atoms with Gasteiger partial charge in [-0.05, 0) is 13.3 Å². The molecule has 1 atom stereocenters. The van der Waals surface area contributed by atoms with Crippen LogP contribution in [0.4, 0.5) is 0 Å². The molecule has 1 aliphatic rings. The van der Waals surface area contributed by atoms with Crippen LogP contribution in [0.5, 0.6) is 0 Å². The highest BCUT2D eigenvalue weighted by atomic mass is 16.5. The number of carbonyl (C=O) groups excluding carboxylic acids is 2. The monoisotopic (exact) mass is 224 g/mol. The predicted octanol–water partition coefficient (Wildman–Crippen LogP) is 1.47. The van der Waals surface area contributed by atoms with Crippen LogP contribution in [0.3, 0.4) is 0 Å². The molecule has 88 valence electrons. The van der Waals surface area contributed by atoms with Crippen molar-refractivity contribution in [2.75, 3.05) is 14.2 Å². The zero-order valence-corrected chi connectivity index (χ0v) is 9.78. The number of hydrogen-bond acceptors (Lipinski definition) is 4. The van der Waals surface area contributed by atoms with Gasteiger partial charge in [-0.3, -0.25) is 9.59 Å². The molecule has 16 heavy (non-hydrogen) atoms. The number of carbonyl (C=O) groups is 2. The smallest absolute Gasteiger partial charge is 0.323 e. The van der Waals surface area contributed by atoms with Crippen LogP contribution in [-0.4, -0.2) is 26.2 Å². The summed E-state index contributed by atoms with van der Waals surface area (Å²) in [5.41, 5.74) is -0.259. The topological polar surface area (TPSA) is 52.6 Å². The fourth-order valence-electron chi connectivity index (χ4n) is 1.72. The van der Waals surface area contributed by atoms with Crippen molar-refractivity contribution >= 4 is 11.9 Å². The van der Waals surface area contributed by atoms with Crippen molar-refractivity contribution in [1.82, 2.24) is 0 Å². The largest absolute Gasteiger partial charge is 0.468 e. The number of rotatable bonds is 4. The number of esters is 2. The zero-order chi connectivity index (χ0) is 12.3. The molecule has 0 heterocycles. The second kappa shape index (κ2) is 4.51. The van der Waals surface area contributed by atoms with Gasteiger partial charge in [-0.1, -0.05) is 24.3 Å². The van der Waals surface area contributed by atoms with E-state index in [0.717, 1.165) is 5.57 Å². The molecular formula is C12H16O4. The van der Waals surface area contributed by atoms with Gasteiger partial charge in [-0.2, -0.15) is 0 Å². The van der Waals surface area contributed by atoms with Gasteiger partial charge in [0.25, 0.3) is 0 Å². The average Bonchev–Trinajstić information content (AvgIpc) is 2.99.